The van der Waals surface area contributed by atoms with Crippen LogP contribution in [0.4, 0.5) is 0 Å². The molecule has 1 aromatic carbocycles. The first-order valence-corrected chi connectivity index (χ1v) is 6.89. The lowest BCUT2D eigenvalue weighted by Gasteiger charge is -2.14. The molecule has 1 aromatic rings. The Morgan fingerprint density at radius 2 is 2.16 bits per heavy atom. The molecule has 102 valence electrons. The third-order valence-corrected chi connectivity index (χ3v) is 3.32. The van der Waals surface area contributed by atoms with Gasteiger partial charge in [-0.05, 0) is 37.5 Å². The maximum atomic E-state index is 12.0. The van der Waals surface area contributed by atoms with E-state index in [4.69, 9.17) is 11.6 Å². The Morgan fingerprint density at radius 1 is 1.42 bits per heavy atom. The number of rotatable bonds is 5. The summed E-state index contributed by atoms with van der Waals surface area (Å²) in [6.07, 6.45) is 2.06. The third-order valence-electron chi connectivity index (χ3n) is 3.01. The van der Waals surface area contributed by atoms with Crippen LogP contribution in [0, 0.1) is 0 Å². The molecule has 0 aromatic heterocycles. The topological polar surface area (TPSA) is 58.2 Å². The number of hydrogen-bond acceptors (Lipinski definition) is 2. The predicted octanol–water partition coefficient (Wildman–Crippen LogP) is 1.82. The normalized spacial score (nSPS) is 15.7. The summed E-state index contributed by atoms with van der Waals surface area (Å²) in [7, 11) is 0. The zero-order valence-corrected chi connectivity index (χ0v) is 11.5. The molecule has 0 bridgehead atoms. The molecule has 0 saturated heterocycles. The molecule has 1 atom stereocenters. The van der Waals surface area contributed by atoms with Crippen molar-refractivity contribution in [1.82, 2.24) is 10.6 Å². The molecule has 2 N–H and O–H groups in total. The fourth-order valence-electron chi connectivity index (χ4n) is 1.70. The van der Waals surface area contributed by atoms with Gasteiger partial charge >= 0.3 is 0 Å². The molecule has 4 nitrogen and oxygen atoms in total. The van der Waals surface area contributed by atoms with Gasteiger partial charge < -0.3 is 10.6 Å². The Labute approximate surface area is 117 Å². The molecule has 0 radical (unpaired) electrons. The number of nitrogens with one attached hydrogen (secondary N) is 2. The number of halogens is 1. The summed E-state index contributed by atoms with van der Waals surface area (Å²) in [6, 6.07) is 6.83. The van der Waals surface area contributed by atoms with Crippen LogP contribution in [0.3, 0.4) is 0 Å². The first-order chi connectivity index (χ1) is 9.10. The maximum Gasteiger partial charge on any atom is 0.251 e. The zero-order chi connectivity index (χ0) is 13.8. The molecule has 1 unspecified atom stereocenters. The van der Waals surface area contributed by atoms with Gasteiger partial charge in [-0.25, -0.2) is 0 Å². The predicted molar refractivity (Wildman–Crippen MR) is 74.1 cm³/mol. The minimum atomic E-state index is -0.534. The molecule has 5 heteroatoms. The largest absolute Gasteiger partial charge is 0.352 e. The fourth-order valence-corrected chi connectivity index (χ4v) is 1.86. The van der Waals surface area contributed by atoms with E-state index in [2.05, 4.69) is 10.6 Å². The van der Waals surface area contributed by atoms with Crippen molar-refractivity contribution in [3.05, 3.63) is 35.4 Å². The molecule has 1 saturated carbocycles. The summed E-state index contributed by atoms with van der Waals surface area (Å²) in [5, 5.41) is 5.54. The minimum absolute atomic E-state index is 0.135. The van der Waals surface area contributed by atoms with Crippen molar-refractivity contribution in [3.8, 4) is 0 Å². The van der Waals surface area contributed by atoms with Crippen LogP contribution in [-0.4, -0.2) is 23.9 Å². The highest BCUT2D eigenvalue weighted by Crippen LogP contribution is 2.18. The lowest BCUT2D eigenvalue weighted by molar-refractivity contribution is -0.122. The smallest absolute Gasteiger partial charge is 0.251 e. The molecule has 1 aliphatic carbocycles. The summed E-state index contributed by atoms with van der Waals surface area (Å²) in [5.41, 5.74) is 1.40. The van der Waals surface area contributed by atoms with Crippen LogP contribution in [0.2, 0.25) is 0 Å². The van der Waals surface area contributed by atoms with Gasteiger partial charge in [0.25, 0.3) is 5.91 Å². The van der Waals surface area contributed by atoms with Crippen LogP contribution in [0.5, 0.6) is 0 Å². The van der Waals surface area contributed by atoms with Crippen molar-refractivity contribution < 1.29 is 9.59 Å². The number of hydrogen-bond donors (Lipinski definition) is 2. The molecule has 2 rings (SSSR count). The molecule has 1 fully saturated rings. The first-order valence-electron chi connectivity index (χ1n) is 6.36. The van der Waals surface area contributed by atoms with E-state index in [1.54, 1.807) is 25.1 Å². The van der Waals surface area contributed by atoms with Gasteiger partial charge in [-0.15, -0.1) is 11.6 Å². The van der Waals surface area contributed by atoms with E-state index in [-0.39, 0.29) is 11.8 Å². The number of benzene rings is 1. The highest BCUT2D eigenvalue weighted by atomic mass is 35.5. The Morgan fingerprint density at radius 3 is 2.79 bits per heavy atom. The molecule has 0 spiro atoms. The van der Waals surface area contributed by atoms with Gasteiger partial charge in [0, 0.05) is 17.5 Å². The van der Waals surface area contributed by atoms with Crippen LogP contribution >= 0.6 is 11.6 Å². The van der Waals surface area contributed by atoms with Crippen molar-refractivity contribution in [3.63, 3.8) is 0 Å². The molecule has 1 aliphatic rings. The van der Waals surface area contributed by atoms with Gasteiger partial charge in [-0.1, -0.05) is 12.1 Å². The number of carbonyl (C=O) groups excluding carboxylic acids is 2. The summed E-state index contributed by atoms with van der Waals surface area (Å²) in [5.74, 6) is -0.0338. The zero-order valence-electron chi connectivity index (χ0n) is 10.8. The van der Waals surface area contributed by atoms with E-state index in [1.165, 1.54) is 0 Å². The highest BCUT2D eigenvalue weighted by molar-refractivity contribution is 6.17. The second-order valence-corrected chi connectivity index (χ2v) is 5.08. The van der Waals surface area contributed by atoms with Crippen LogP contribution in [0.25, 0.3) is 0 Å². The van der Waals surface area contributed by atoms with Gasteiger partial charge in [-0.3, -0.25) is 9.59 Å². The van der Waals surface area contributed by atoms with E-state index in [0.717, 1.165) is 18.4 Å². The van der Waals surface area contributed by atoms with E-state index >= 15 is 0 Å². The van der Waals surface area contributed by atoms with Gasteiger partial charge in [0.2, 0.25) is 5.91 Å². The van der Waals surface area contributed by atoms with Crippen LogP contribution < -0.4 is 10.6 Å². The van der Waals surface area contributed by atoms with Gasteiger partial charge in [0.15, 0.2) is 0 Å². The second-order valence-electron chi connectivity index (χ2n) is 4.81. The van der Waals surface area contributed by atoms with Crippen molar-refractivity contribution in [2.75, 3.05) is 0 Å². The summed E-state index contributed by atoms with van der Waals surface area (Å²) < 4.78 is 0. The molecule has 2 amide bonds. The monoisotopic (exact) mass is 280 g/mol. The second kappa shape index (κ2) is 6.06. The Kier molecular flexibility index (Phi) is 4.43. The van der Waals surface area contributed by atoms with Gasteiger partial charge in [0.1, 0.15) is 6.04 Å². The quantitative estimate of drug-likeness (QED) is 0.809. The number of amides is 2. The molecular formula is C14H17ClN2O2. The van der Waals surface area contributed by atoms with E-state index in [9.17, 15) is 9.59 Å². The SMILES string of the molecule is CC(NC(=O)c1cccc(CCl)c1)C(=O)NC1CC1. The summed E-state index contributed by atoms with van der Waals surface area (Å²) in [6.45, 7) is 1.68. The summed E-state index contributed by atoms with van der Waals surface area (Å²) in [4.78, 5) is 23.7. The Balaban J connectivity index is 1.93. The van der Waals surface area contributed by atoms with E-state index in [0.29, 0.717) is 17.5 Å². The third kappa shape index (κ3) is 3.96. The molecule has 0 heterocycles. The number of alkyl halides is 1. The van der Waals surface area contributed by atoms with Crippen molar-refractivity contribution in [1.29, 1.82) is 0 Å². The van der Waals surface area contributed by atoms with E-state index < -0.39 is 6.04 Å². The van der Waals surface area contributed by atoms with Crippen LogP contribution in [0.1, 0.15) is 35.7 Å². The van der Waals surface area contributed by atoms with Crippen LogP contribution in [0.15, 0.2) is 24.3 Å². The van der Waals surface area contributed by atoms with Crippen molar-refractivity contribution in [2.45, 2.75) is 37.7 Å². The molecular weight excluding hydrogens is 264 g/mol. The maximum absolute atomic E-state index is 12.0. The average Bonchev–Trinajstić information content (AvgIpc) is 3.22. The summed E-state index contributed by atoms with van der Waals surface area (Å²) >= 11 is 5.73. The van der Waals surface area contributed by atoms with Crippen LogP contribution in [-0.2, 0) is 10.7 Å². The standard InChI is InChI=1S/C14H17ClN2O2/c1-9(13(18)17-12-5-6-12)16-14(19)11-4-2-3-10(7-11)8-15/h2-4,7,9,12H,5-6,8H2,1H3,(H,16,19)(H,17,18). The number of carbonyl (C=O) groups is 2. The molecule has 19 heavy (non-hydrogen) atoms. The van der Waals surface area contributed by atoms with E-state index in [1.807, 2.05) is 6.07 Å². The lowest BCUT2D eigenvalue weighted by Crippen LogP contribution is -2.45. The lowest BCUT2D eigenvalue weighted by atomic mass is 10.1. The minimum Gasteiger partial charge on any atom is -0.352 e. The Bertz CT molecular complexity index is 486. The van der Waals surface area contributed by atoms with Crippen molar-refractivity contribution in [2.24, 2.45) is 0 Å². The molecule has 0 aliphatic heterocycles. The van der Waals surface area contributed by atoms with Gasteiger partial charge in [-0.2, -0.15) is 0 Å². The average molecular weight is 281 g/mol. The Hall–Kier alpha value is -1.55. The van der Waals surface area contributed by atoms with Gasteiger partial charge in [0.05, 0.1) is 0 Å². The van der Waals surface area contributed by atoms with Crippen molar-refractivity contribution >= 4 is 23.4 Å². The fraction of sp³-hybridized carbons (Fsp3) is 0.429. The highest BCUT2D eigenvalue weighted by Gasteiger charge is 2.26. The first kappa shape index (κ1) is 13.9.